The highest BCUT2D eigenvalue weighted by Crippen LogP contribution is 2.34. The lowest BCUT2D eigenvalue weighted by atomic mass is 10.1. The fraction of sp³-hybridized carbons (Fsp3) is 0.0938. The SMILES string of the molecule is COc1ccc(/C=C(\NC(=O)c2ccccc2)C(=O)Nc2ccc(SCC(=O)Nc3ccc4c(c3)OCO4)cc2)cc1. The molecule has 42 heavy (non-hydrogen) atoms. The summed E-state index contributed by atoms with van der Waals surface area (Å²) < 4.78 is 15.8. The van der Waals surface area contributed by atoms with Gasteiger partial charge in [-0.05, 0) is 72.3 Å². The molecular weight excluding hydrogens is 554 g/mol. The quantitative estimate of drug-likeness (QED) is 0.166. The molecule has 212 valence electrons. The number of fused-ring (bicyclic) bond motifs is 1. The van der Waals surface area contributed by atoms with Crippen LogP contribution in [0, 0.1) is 0 Å². The number of benzene rings is 4. The summed E-state index contributed by atoms with van der Waals surface area (Å²) >= 11 is 1.36. The average molecular weight is 582 g/mol. The van der Waals surface area contributed by atoms with Crippen molar-refractivity contribution in [2.45, 2.75) is 4.90 Å². The Kier molecular flexibility index (Phi) is 9.05. The van der Waals surface area contributed by atoms with Crippen LogP contribution in [0.25, 0.3) is 6.08 Å². The van der Waals surface area contributed by atoms with E-state index in [9.17, 15) is 14.4 Å². The van der Waals surface area contributed by atoms with Crippen LogP contribution in [0.3, 0.4) is 0 Å². The van der Waals surface area contributed by atoms with Crippen molar-refractivity contribution in [2.75, 3.05) is 30.3 Å². The van der Waals surface area contributed by atoms with E-state index < -0.39 is 11.8 Å². The van der Waals surface area contributed by atoms with E-state index >= 15 is 0 Å². The number of nitrogens with one attached hydrogen (secondary N) is 3. The number of rotatable bonds is 10. The topological polar surface area (TPSA) is 115 Å². The van der Waals surface area contributed by atoms with Crippen molar-refractivity contribution < 1.29 is 28.6 Å². The Morgan fingerprint density at radius 3 is 2.29 bits per heavy atom. The molecule has 5 rings (SSSR count). The molecule has 9 nitrogen and oxygen atoms in total. The Hall–Kier alpha value is -5.22. The molecule has 3 amide bonds. The van der Waals surface area contributed by atoms with Gasteiger partial charge < -0.3 is 30.2 Å². The van der Waals surface area contributed by atoms with Crippen molar-refractivity contribution in [3.05, 3.63) is 114 Å². The third-order valence-corrected chi connectivity index (χ3v) is 7.11. The summed E-state index contributed by atoms with van der Waals surface area (Å²) in [5, 5.41) is 8.40. The molecule has 0 bridgehead atoms. The maximum absolute atomic E-state index is 13.3. The van der Waals surface area contributed by atoms with Gasteiger partial charge in [0.15, 0.2) is 11.5 Å². The largest absolute Gasteiger partial charge is 0.497 e. The minimum atomic E-state index is -0.487. The van der Waals surface area contributed by atoms with Crippen LogP contribution in [0.1, 0.15) is 15.9 Å². The highest BCUT2D eigenvalue weighted by molar-refractivity contribution is 8.00. The van der Waals surface area contributed by atoms with Gasteiger partial charge in [0, 0.05) is 27.9 Å². The first-order valence-corrected chi connectivity index (χ1v) is 13.9. The molecule has 0 atom stereocenters. The van der Waals surface area contributed by atoms with Gasteiger partial charge in [-0.25, -0.2) is 0 Å². The van der Waals surface area contributed by atoms with Gasteiger partial charge in [-0.2, -0.15) is 0 Å². The third-order valence-electron chi connectivity index (χ3n) is 6.09. The van der Waals surface area contributed by atoms with Crippen molar-refractivity contribution in [3.8, 4) is 17.2 Å². The normalized spacial score (nSPS) is 11.9. The van der Waals surface area contributed by atoms with Gasteiger partial charge >= 0.3 is 0 Å². The van der Waals surface area contributed by atoms with Gasteiger partial charge in [0.25, 0.3) is 11.8 Å². The summed E-state index contributed by atoms with van der Waals surface area (Å²) in [6.45, 7) is 0.168. The second-order valence-corrected chi connectivity index (χ2v) is 10.1. The van der Waals surface area contributed by atoms with E-state index in [1.54, 1.807) is 92.0 Å². The van der Waals surface area contributed by atoms with Crippen LogP contribution in [0.4, 0.5) is 11.4 Å². The molecule has 4 aromatic carbocycles. The number of methoxy groups -OCH3 is 1. The number of ether oxygens (including phenoxy) is 3. The van der Waals surface area contributed by atoms with E-state index in [1.807, 2.05) is 18.2 Å². The Labute approximate surface area is 246 Å². The molecular formula is C32H27N3O6S. The molecule has 1 aliphatic rings. The fourth-order valence-electron chi connectivity index (χ4n) is 3.96. The maximum atomic E-state index is 13.3. The van der Waals surface area contributed by atoms with E-state index in [1.165, 1.54) is 11.8 Å². The van der Waals surface area contributed by atoms with Gasteiger partial charge in [0.1, 0.15) is 11.4 Å². The van der Waals surface area contributed by atoms with E-state index in [4.69, 9.17) is 14.2 Å². The number of anilines is 2. The molecule has 0 aromatic heterocycles. The Morgan fingerprint density at radius 1 is 0.833 bits per heavy atom. The first-order valence-electron chi connectivity index (χ1n) is 12.9. The van der Waals surface area contributed by atoms with Crippen LogP contribution in [-0.4, -0.2) is 37.4 Å². The number of hydrogen-bond donors (Lipinski definition) is 3. The zero-order valence-electron chi connectivity index (χ0n) is 22.6. The number of amides is 3. The summed E-state index contributed by atoms with van der Waals surface area (Å²) in [7, 11) is 1.57. The Morgan fingerprint density at radius 2 is 1.55 bits per heavy atom. The molecule has 1 aliphatic heterocycles. The number of thioether (sulfide) groups is 1. The first-order chi connectivity index (χ1) is 20.5. The van der Waals surface area contributed by atoms with Gasteiger partial charge in [-0.1, -0.05) is 30.3 Å². The number of hydrogen-bond acceptors (Lipinski definition) is 7. The van der Waals surface area contributed by atoms with Crippen LogP contribution in [0.2, 0.25) is 0 Å². The summed E-state index contributed by atoms with van der Waals surface area (Å²) in [5.74, 6) is 1.06. The predicted molar refractivity (Wildman–Crippen MR) is 162 cm³/mol. The smallest absolute Gasteiger partial charge is 0.272 e. The molecule has 0 spiro atoms. The predicted octanol–water partition coefficient (Wildman–Crippen LogP) is 5.56. The van der Waals surface area contributed by atoms with Crippen molar-refractivity contribution in [2.24, 2.45) is 0 Å². The van der Waals surface area contributed by atoms with Gasteiger partial charge in [-0.15, -0.1) is 11.8 Å². The Balaban J connectivity index is 1.21. The van der Waals surface area contributed by atoms with Crippen LogP contribution < -0.4 is 30.2 Å². The monoisotopic (exact) mass is 581 g/mol. The van der Waals surface area contributed by atoms with Crippen molar-refractivity contribution in [3.63, 3.8) is 0 Å². The fourth-order valence-corrected chi connectivity index (χ4v) is 4.66. The molecule has 0 saturated carbocycles. The van der Waals surface area contributed by atoms with E-state index in [2.05, 4.69) is 16.0 Å². The molecule has 0 aliphatic carbocycles. The average Bonchev–Trinajstić information content (AvgIpc) is 3.49. The molecule has 10 heteroatoms. The van der Waals surface area contributed by atoms with Crippen LogP contribution in [0.15, 0.2) is 108 Å². The highest BCUT2D eigenvalue weighted by Gasteiger charge is 2.16. The highest BCUT2D eigenvalue weighted by atomic mass is 32.2. The molecule has 4 aromatic rings. The third kappa shape index (κ3) is 7.49. The summed E-state index contributed by atoms with van der Waals surface area (Å²) in [6, 6.07) is 28.1. The molecule has 0 fully saturated rings. The lowest BCUT2D eigenvalue weighted by molar-refractivity contribution is -0.114. The van der Waals surface area contributed by atoms with E-state index in [-0.39, 0.29) is 24.2 Å². The number of carbonyl (C=O) groups is 3. The second-order valence-electron chi connectivity index (χ2n) is 9.03. The van der Waals surface area contributed by atoms with Gasteiger partial charge in [0.2, 0.25) is 12.7 Å². The standard InChI is InChI=1S/C32H27N3O6S/c1-39-25-12-7-21(8-13-25)17-27(35-31(37)22-5-3-2-4-6-22)32(38)34-23-9-14-26(15-10-23)42-19-30(36)33-24-11-16-28-29(18-24)41-20-40-28/h2-18H,19-20H2,1H3,(H,33,36)(H,34,38)(H,35,37)/b27-17-. The molecule has 0 unspecified atom stereocenters. The van der Waals surface area contributed by atoms with Gasteiger partial charge in [0.05, 0.1) is 12.9 Å². The maximum Gasteiger partial charge on any atom is 0.272 e. The molecule has 0 saturated heterocycles. The second kappa shape index (κ2) is 13.4. The zero-order valence-corrected chi connectivity index (χ0v) is 23.4. The van der Waals surface area contributed by atoms with Gasteiger partial charge in [-0.3, -0.25) is 14.4 Å². The van der Waals surface area contributed by atoms with Crippen molar-refractivity contribution in [1.29, 1.82) is 0 Å². The lowest BCUT2D eigenvalue weighted by Gasteiger charge is -2.12. The van der Waals surface area contributed by atoms with Crippen molar-refractivity contribution >= 4 is 46.9 Å². The van der Waals surface area contributed by atoms with E-state index in [0.29, 0.717) is 39.8 Å². The summed E-state index contributed by atoms with van der Waals surface area (Å²) in [5.41, 5.74) is 2.37. The van der Waals surface area contributed by atoms with Crippen molar-refractivity contribution in [1.82, 2.24) is 5.32 Å². The zero-order chi connectivity index (χ0) is 29.3. The Bertz CT molecular complexity index is 1610. The van der Waals surface area contributed by atoms with Crippen LogP contribution in [0.5, 0.6) is 17.2 Å². The first kappa shape index (κ1) is 28.3. The minimum Gasteiger partial charge on any atom is -0.497 e. The van der Waals surface area contributed by atoms with Crippen LogP contribution >= 0.6 is 11.8 Å². The summed E-state index contributed by atoms with van der Waals surface area (Å²) in [4.78, 5) is 39.4. The molecule has 1 heterocycles. The van der Waals surface area contributed by atoms with E-state index in [0.717, 1.165) is 4.90 Å². The van der Waals surface area contributed by atoms with Crippen LogP contribution in [-0.2, 0) is 9.59 Å². The molecule has 3 N–H and O–H groups in total. The summed E-state index contributed by atoms with van der Waals surface area (Å²) in [6.07, 6.45) is 1.60. The number of carbonyl (C=O) groups excluding carboxylic acids is 3. The lowest BCUT2D eigenvalue weighted by Crippen LogP contribution is -2.30. The molecule has 0 radical (unpaired) electrons. The minimum absolute atomic E-state index is 0.0765.